The summed E-state index contributed by atoms with van der Waals surface area (Å²) in [5.41, 5.74) is 0.371. The Hall–Kier alpha value is -1.89. The number of carbonyl (C=O) groups is 1. The number of carbonyl (C=O) groups excluding carboxylic acids is 1. The molecular formula is C13H23N5O2. The summed E-state index contributed by atoms with van der Waals surface area (Å²) in [6, 6.07) is 1.55. The standard InChI is InChI=1S/C13H23N5O2/c1-10(2)17(4)13(20)9-18-12(19)7-11(8-16-18)15-6-5-14-3/h7-8,10,14-15H,5-6,9H2,1-4H3. The van der Waals surface area contributed by atoms with Gasteiger partial charge in [-0.2, -0.15) is 5.10 Å². The van der Waals surface area contributed by atoms with Gasteiger partial charge >= 0.3 is 0 Å². The second-order valence-electron chi connectivity index (χ2n) is 4.87. The number of anilines is 1. The van der Waals surface area contributed by atoms with Gasteiger partial charge in [0.25, 0.3) is 5.56 Å². The Kier molecular flexibility index (Phi) is 6.17. The topological polar surface area (TPSA) is 79.3 Å². The van der Waals surface area contributed by atoms with E-state index in [2.05, 4.69) is 15.7 Å². The lowest BCUT2D eigenvalue weighted by molar-refractivity contribution is -0.132. The fraction of sp³-hybridized carbons (Fsp3) is 0.615. The summed E-state index contributed by atoms with van der Waals surface area (Å²) in [5.74, 6) is -0.134. The van der Waals surface area contributed by atoms with Crippen LogP contribution < -0.4 is 16.2 Å². The van der Waals surface area contributed by atoms with Gasteiger partial charge in [-0.15, -0.1) is 0 Å². The predicted molar refractivity (Wildman–Crippen MR) is 78.8 cm³/mol. The highest BCUT2D eigenvalue weighted by Gasteiger charge is 2.13. The minimum absolute atomic E-state index is 0.0374. The van der Waals surface area contributed by atoms with E-state index in [0.29, 0.717) is 12.2 Å². The van der Waals surface area contributed by atoms with Crippen LogP contribution in [0.4, 0.5) is 5.69 Å². The molecular weight excluding hydrogens is 258 g/mol. The third-order valence-electron chi connectivity index (χ3n) is 3.03. The van der Waals surface area contributed by atoms with Gasteiger partial charge < -0.3 is 15.5 Å². The van der Waals surface area contributed by atoms with Crippen molar-refractivity contribution in [1.29, 1.82) is 0 Å². The van der Waals surface area contributed by atoms with Crippen LogP contribution >= 0.6 is 0 Å². The van der Waals surface area contributed by atoms with E-state index in [-0.39, 0.29) is 24.1 Å². The maximum atomic E-state index is 11.9. The molecule has 0 spiro atoms. The maximum Gasteiger partial charge on any atom is 0.269 e. The zero-order valence-corrected chi connectivity index (χ0v) is 12.5. The normalized spacial score (nSPS) is 10.7. The Bertz CT molecular complexity index is 498. The molecule has 1 aromatic heterocycles. The molecule has 0 fully saturated rings. The number of aromatic nitrogens is 2. The van der Waals surface area contributed by atoms with Gasteiger partial charge in [0, 0.05) is 32.2 Å². The van der Waals surface area contributed by atoms with E-state index < -0.39 is 0 Å². The van der Waals surface area contributed by atoms with Crippen molar-refractivity contribution >= 4 is 11.6 Å². The van der Waals surface area contributed by atoms with Crippen molar-refractivity contribution in [2.24, 2.45) is 0 Å². The van der Waals surface area contributed by atoms with Crippen LogP contribution in [0.15, 0.2) is 17.1 Å². The predicted octanol–water partition coefficient (Wildman–Crippen LogP) is -0.259. The molecule has 0 bridgehead atoms. The molecule has 0 atom stereocenters. The lowest BCUT2D eigenvalue weighted by atomic mass is 10.3. The van der Waals surface area contributed by atoms with Gasteiger partial charge in [0.2, 0.25) is 5.91 Å². The molecule has 0 unspecified atom stereocenters. The molecule has 2 N–H and O–H groups in total. The van der Waals surface area contributed by atoms with Crippen molar-refractivity contribution < 1.29 is 4.79 Å². The van der Waals surface area contributed by atoms with Crippen LogP contribution in [0, 0.1) is 0 Å². The highest BCUT2D eigenvalue weighted by atomic mass is 16.2. The van der Waals surface area contributed by atoms with Crippen LogP contribution in [0.5, 0.6) is 0 Å². The number of nitrogens with zero attached hydrogens (tertiary/aromatic N) is 3. The molecule has 1 heterocycles. The molecule has 1 rings (SSSR count). The highest BCUT2D eigenvalue weighted by Crippen LogP contribution is 2.00. The first-order valence-corrected chi connectivity index (χ1v) is 6.67. The molecule has 0 saturated heterocycles. The van der Waals surface area contributed by atoms with Gasteiger partial charge in [0.1, 0.15) is 6.54 Å². The highest BCUT2D eigenvalue weighted by molar-refractivity contribution is 5.75. The molecule has 0 radical (unpaired) electrons. The molecule has 0 aliphatic heterocycles. The molecule has 0 saturated carbocycles. The van der Waals surface area contributed by atoms with E-state index in [1.807, 2.05) is 20.9 Å². The SMILES string of the molecule is CNCCNc1cnn(CC(=O)N(C)C(C)C)c(=O)c1. The largest absolute Gasteiger partial charge is 0.382 e. The summed E-state index contributed by atoms with van der Waals surface area (Å²) >= 11 is 0. The molecule has 20 heavy (non-hydrogen) atoms. The minimum Gasteiger partial charge on any atom is -0.382 e. The molecule has 7 heteroatoms. The van der Waals surface area contributed by atoms with Gasteiger partial charge in [-0.1, -0.05) is 0 Å². The van der Waals surface area contributed by atoms with Crippen molar-refractivity contribution in [1.82, 2.24) is 20.0 Å². The fourth-order valence-corrected chi connectivity index (χ4v) is 1.51. The van der Waals surface area contributed by atoms with Crippen LogP contribution in [0.25, 0.3) is 0 Å². The summed E-state index contributed by atoms with van der Waals surface area (Å²) in [6.07, 6.45) is 1.56. The Morgan fingerprint density at radius 3 is 2.70 bits per heavy atom. The summed E-state index contributed by atoms with van der Waals surface area (Å²) in [7, 11) is 3.57. The van der Waals surface area contributed by atoms with E-state index in [1.54, 1.807) is 18.1 Å². The van der Waals surface area contributed by atoms with Crippen molar-refractivity contribution in [3.63, 3.8) is 0 Å². The van der Waals surface area contributed by atoms with Crippen molar-refractivity contribution in [3.8, 4) is 0 Å². The van der Waals surface area contributed by atoms with Gasteiger partial charge in [-0.25, -0.2) is 4.68 Å². The molecule has 0 aliphatic carbocycles. The number of hydrogen-bond donors (Lipinski definition) is 2. The number of nitrogens with one attached hydrogen (secondary N) is 2. The fourth-order valence-electron chi connectivity index (χ4n) is 1.51. The van der Waals surface area contributed by atoms with Crippen molar-refractivity contribution in [2.75, 3.05) is 32.5 Å². The third-order valence-corrected chi connectivity index (χ3v) is 3.03. The van der Waals surface area contributed by atoms with Crippen LogP contribution in [0.1, 0.15) is 13.8 Å². The lowest BCUT2D eigenvalue weighted by Gasteiger charge is -2.21. The lowest BCUT2D eigenvalue weighted by Crippen LogP contribution is -2.38. The number of amides is 1. The van der Waals surface area contributed by atoms with E-state index in [9.17, 15) is 9.59 Å². The van der Waals surface area contributed by atoms with Crippen molar-refractivity contribution in [2.45, 2.75) is 26.4 Å². The van der Waals surface area contributed by atoms with Gasteiger partial charge in [-0.3, -0.25) is 9.59 Å². The summed E-state index contributed by atoms with van der Waals surface area (Å²) < 4.78 is 1.17. The van der Waals surface area contributed by atoms with Gasteiger partial charge in [0.15, 0.2) is 0 Å². The van der Waals surface area contributed by atoms with E-state index >= 15 is 0 Å². The smallest absolute Gasteiger partial charge is 0.269 e. The minimum atomic E-state index is -0.287. The molecule has 0 aromatic carbocycles. The van der Waals surface area contributed by atoms with Crippen LogP contribution in [0.2, 0.25) is 0 Å². The maximum absolute atomic E-state index is 11.9. The van der Waals surface area contributed by atoms with Gasteiger partial charge in [0.05, 0.1) is 11.9 Å². The second-order valence-corrected chi connectivity index (χ2v) is 4.87. The average molecular weight is 281 g/mol. The van der Waals surface area contributed by atoms with E-state index in [0.717, 1.165) is 6.54 Å². The second kappa shape index (κ2) is 7.64. The first kappa shape index (κ1) is 16.2. The number of hydrogen-bond acceptors (Lipinski definition) is 5. The Labute approximate surface area is 119 Å². The summed E-state index contributed by atoms with van der Waals surface area (Å²) in [5, 5.41) is 10.1. The monoisotopic (exact) mass is 281 g/mol. The Balaban J connectivity index is 2.69. The quantitative estimate of drug-likeness (QED) is 0.673. The molecule has 1 aromatic rings. The van der Waals surface area contributed by atoms with Crippen LogP contribution in [-0.2, 0) is 11.3 Å². The van der Waals surface area contributed by atoms with E-state index in [4.69, 9.17) is 0 Å². The first-order valence-electron chi connectivity index (χ1n) is 6.67. The third kappa shape index (κ3) is 4.65. The Morgan fingerprint density at radius 1 is 1.45 bits per heavy atom. The van der Waals surface area contributed by atoms with Crippen LogP contribution in [-0.4, -0.2) is 53.8 Å². The molecule has 112 valence electrons. The van der Waals surface area contributed by atoms with E-state index in [1.165, 1.54) is 10.7 Å². The van der Waals surface area contributed by atoms with Crippen LogP contribution in [0.3, 0.4) is 0 Å². The Morgan fingerprint density at radius 2 is 2.15 bits per heavy atom. The summed E-state index contributed by atoms with van der Waals surface area (Å²) in [4.78, 5) is 25.4. The number of rotatable bonds is 7. The number of likely N-dealkylation sites (N-methyl/N-ethyl adjacent to an activating group) is 2. The summed E-state index contributed by atoms with van der Waals surface area (Å²) in [6.45, 7) is 5.30. The first-order chi connectivity index (χ1) is 9.45. The van der Waals surface area contributed by atoms with Crippen molar-refractivity contribution in [3.05, 3.63) is 22.6 Å². The molecule has 0 aliphatic rings. The zero-order valence-electron chi connectivity index (χ0n) is 12.5. The average Bonchev–Trinajstić information content (AvgIpc) is 2.41. The molecule has 7 nitrogen and oxygen atoms in total. The zero-order chi connectivity index (χ0) is 15.1. The van der Waals surface area contributed by atoms with Gasteiger partial charge in [-0.05, 0) is 20.9 Å². The molecule has 1 amide bonds.